The molecule has 2 unspecified atom stereocenters. The lowest BCUT2D eigenvalue weighted by Crippen LogP contribution is -2.46. The average molecular weight is 488 g/mol. The summed E-state index contributed by atoms with van der Waals surface area (Å²) in [6.07, 6.45) is 0.906. The number of amides is 3. The molecule has 1 saturated heterocycles. The highest BCUT2D eigenvalue weighted by molar-refractivity contribution is 5.99. The van der Waals surface area contributed by atoms with Gasteiger partial charge in [0.15, 0.2) is 0 Å². The number of carbonyl (C=O) groups excluding carboxylic acids is 2. The Balaban J connectivity index is 1.24. The maximum atomic E-state index is 12.4. The number of nitrogens with zero attached hydrogens (tertiary/aromatic N) is 2. The van der Waals surface area contributed by atoms with Crippen LogP contribution in [0, 0.1) is 0 Å². The van der Waals surface area contributed by atoms with Gasteiger partial charge in [-0.1, -0.05) is 18.2 Å². The highest BCUT2D eigenvalue weighted by atomic mass is 16.5. The van der Waals surface area contributed by atoms with Crippen LogP contribution in [0.25, 0.3) is 0 Å². The molecule has 1 aliphatic rings. The Kier molecular flexibility index (Phi) is 8.07. The van der Waals surface area contributed by atoms with E-state index in [9.17, 15) is 9.59 Å². The fraction of sp³-hybridized carbons (Fsp3) is 0.286. The van der Waals surface area contributed by atoms with Crippen LogP contribution in [0.4, 0.5) is 21.9 Å². The normalized spacial score (nSPS) is 15.9. The average Bonchev–Trinajstić information content (AvgIpc) is 3.34. The van der Waals surface area contributed by atoms with Crippen LogP contribution in [0.15, 0.2) is 78.9 Å². The molecule has 8 heteroatoms. The van der Waals surface area contributed by atoms with Crippen LogP contribution in [-0.2, 0) is 4.79 Å². The van der Waals surface area contributed by atoms with Crippen molar-refractivity contribution in [3.8, 4) is 11.5 Å². The van der Waals surface area contributed by atoms with Crippen LogP contribution in [0.3, 0.4) is 0 Å². The summed E-state index contributed by atoms with van der Waals surface area (Å²) in [6.45, 7) is 3.54. The van der Waals surface area contributed by atoms with E-state index in [1.807, 2.05) is 92.6 Å². The minimum absolute atomic E-state index is 0.0516. The fourth-order valence-corrected chi connectivity index (χ4v) is 3.95. The quantitative estimate of drug-likeness (QED) is 0.426. The lowest BCUT2D eigenvalue weighted by Gasteiger charge is -2.23. The van der Waals surface area contributed by atoms with Gasteiger partial charge in [-0.3, -0.25) is 9.69 Å². The monoisotopic (exact) mass is 487 g/mol. The Labute approximate surface area is 212 Å². The molecule has 1 fully saturated rings. The van der Waals surface area contributed by atoms with Gasteiger partial charge < -0.3 is 25.6 Å². The molecule has 188 valence electrons. The lowest BCUT2D eigenvalue weighted by molar-refractivity contribution is -0.125. The van der Waals surface area contributed by atoms with Gasteiger partial charge in [0.25, 0.3) is 0 Å². The zero-order valence-electron chi connectivity index (χ0n) is 20.9. The number of ether oxygens (including phenoxy) is 1. The predicted octanol–water partition coefficient (Wildman–Crippen LogP) is 4.77. The topological polar surface area (TPSA) is 85.9 Å². The predicted molar refractivity (Wildman–Crippen MR) is 144 cm³/mol. The first-order valence-electron chi connectivity index (χ1n) is 12.1. The van der Waals surface area contributed by atoms with Crippen LogP contribution in [-0.4, -0.2) is 56.1 Å². The van der Waals surface area contributed by atoms with Crippen LogP contribution in [0.1, 0.15) is 13.3 Å². The number of benzene rings is 3. The molecule has 1 heterocycles. The van der Waals surface area contributed by atoms with Crippen molar-refractivity contribution in [2.75, 3.05) is 42.7 Å². The van der Waals surface area contributed by atoms with E-state index >= 15 is 0 Å². The molecule has 8 nitrogen and oxygen atoms in total. The summed E-state index contributed by atoms with van der Waals surface area (Å²) in [5.74, 6) is 1.50. The number of urea groups is 1. The van der Waals surface area contributed by atoms with E-state index in [4.69, 9.17) is 4.74 Å². The van der Waals surface area contributed by atoms with Crippen LogP contribution in [0.5, 0.6) is 11.5 Å². The SMILES string of the molecule is CC(C(=O)NC1CCN(c2ccc(NC(=O)Nc3ccc(Oc4ccccc4)cc3)cc2)C1)N(C)C. The molecule has 0 aliphatic carbocycles. The van der Waals surface area contributed by atoms with E-state index in [0.29, 0.717) is 17.1 Å². The number of likely N-dealkylation sites (N-methyl/N-ethyl adjacent to an activating group) is 1. The van der Waals surface area contributed by atoms with Gasteiger partial charge in [-0.05, 0) is 88.1 Å². The van der Waals surface area contributed by atoms with Crippen molar-refractivity contribution in [3.05, 3.63) is 78.9 Å². The third-order valence-corrected chi connectivity index (χ3v) is 6.27. The van der Waals surface area contributed by atoms with Gasteiger partial charge in [0, 0.05) is 36.2 Å². The standard InChI is InChI=1S/C28H33N5O3/c1-20(32(2)3)27(34)29-23-17-18-33(19-23)24-13-9-21(10-14-24)30-28(35)31-22-11-15-26(16-12-22)36-25-7-5-4-6-8-25/h4-16,20,23H,17-19H2,1-3H3,(H,29,34)(H2,30,31,35). The summed E-state index contributed by atoms with van der Waals surface area (Å²) in [6, 6.07) is 24.1. The smallest absolute Gasteiger partial charge is 0.323 e. The number of anilines is 3. The van der Waals surface area contributed by atoms with E-state index in [2.05, 4.69) is 20.9 Å². The molecule has 0 aromatic heterocycles. The Morgan fingerprint density at radius 3 is 2.08 bits per heavy atom. The number of carbonyl (C=O) groups is 2. The molecule has 0 bridgehead atoms. The third kappa shape index (κ3) is 6.76. The van der Waals surface area contributed by atoms with Crippen molar-refractivity contribution in [1.82, 2.24) is 10.2 Å². The van der Waals surface area contributed by atoms with Gasteiger partial charge >= 0.3 is 6.03 Å². The summed E-state index contributed by atoms with van der Waals surface area (Å²) in [4.78, 5) is 28.9. The molecule has 0 radical (unpaired) electrons. The second kappa shape index (κ2) is 11.6. The van der Waals surface area contributed by atoms with Crippen molar-refractivity contribution in [2.24, 2.45) is 0 Å². The second-order valence-corrected chi connectivity index (χ2v) is 9.15. The van der Waals surface area contributed by atoms with Crippen LogP contribution in [0.2, 0.25) is 0 Å². The third-order valence-electron chi connectivity index (χ3n) is 6.27. The van der Waals surface area contributed by atoms with Crippen molar-refractivity contribution in [1.29, 1.82) is 0 Å². The summed E-state index contributed by atoms with van der Waals surface area (Å²) < 4.78 is 5.78. The fourth-order valence-electron chi connectivity index (χ4n) is 3.95. The first-order valence-corrected chi connectivity index (χ1v) is 12.1. The molecule has 3 aromatic carbocycles. The summed E-state index contributed by atoms with van der Waals surface area (Å²) in [5, 5.41) is 8.83. The van der Waals surface area contributed by atoms with E-state index < -0.39 is 0 Å². The minimum Gasteiger partial charge on any atom is -0.457 e. The van der Waals surface area contributed by atoms with Gasteiger partial charge in [0.05, 0.1) is 6.04 Å². The van der Waals surface area contributed by atoms with Crippen molar-refractivity contribution < 1.29 is 14.3 Å². The Morgan fingerprint density at radius 2 is 1.47 bits per heavy atom. The van der Waals surface area contributed by atoms with Crippen LogP contribution < -0.4 is 25.6 Å². The molecule has 0 spiro atoms. The highest BCUT2D eigenvalue weighted by Gasteiger charge is 2.26. The summed E-state index contributed by atoms with van der Waals surface area (Å²) in [7, 11) is 3.80. The first kappa shape index (κ1) is 25.1. The number of para-hydroxylation sites is 1. The zero-order valence-corrected chi connectivity index (χ0v) is 20.9. The molecule has 3 N–H and O–H groups in total. The molecule has 0 saturated carbocycles. The molecular weight excluding hydrogens is 454 g/mol. The second-order valence-electron chi connectivity index (χ2n) is 9.15. The van der Waals surface area contributed by atoms with Crippen molar-refractivity contribution >= 4 is 29.0 Å². The van der Waals surface area contributed by atoms with E-state index in [1.165, 1.54) is 0 Å². The van der Waals surface area contributed by atoms with Gasteiger partial charge in [-0.15, -0.1) is 0 Å². The van der Waals surface area contributed by atoms with E-state index in [-0.39, 0.29) is 24.0 Å². The van der Waals surface area contributed by atoms with Gasteiger partial charge in [0.2, 0.25) is 5.91 Å². The molecule has 4 rings (SSSR count). The molecule has 1 aliphatic heterocycles. The molecule has 3 amide bonds. The summed E-state index contributed by atoms with van der Waals surface area (Å²) in [5.41, 5.74) is 2.43. The Morgan fingerprint density at radius 1 is 0.889 bits per heavy atom. The van der Waals surface area contributed by atoms with Crippen molar-refractivity contribution in [2.45, 2.75) is 25.4 Å². The Bertz CT molecular complexity index is 1150. The Hall–Kier alpha value is -4.04. The molecule has 2 atom stereocenters. The molecular formula is C28H33N5O3. The number of nitrogens with one attached hydrogen (secondary N) is 3. The van der Waals surface area contributed by atoms with Crippen LogP contribution >= 0.6 is 0 Å². The molecule has 36 heavy (non-hydrogen) atoms. The minimum atomic E-state index is -0.321. The first-order chi connectivity index (χ1) is 17.4. The largest absolute Gasteiger partial charge is 0.457 e. The maximum absolute atomic E-state index is 12.4. The summed E-state index contributed by atoms with van der Waals surface area (Å²) >= 11 is 0. The number of hydrogen-bond acceptors (Lipinski definition) is 5. The van der Waals surface area contributed by atoms with Gasteiger partial charge in [0.1, 0.15) is 11.5 Å². The maximum Gasteiger partial charge on any atom is 0.323 e. The number of rotatable bonds is 8. The highest BCUT2D eigenvalue weighted by Crippen LogP contribution is 2.24. The van der Waals surface area contributed by atoms with Gasteiger partial charge in [-0.25, -0.2) is 4.79 Å². The molecule has 3 aromatic rings. The van der Waals surface area contributed by atoms with E-state index in [0.717, 1.165) is 30.9 Å². The lowest BCUT2D eigenvalue weighted by atomic mass is 10.2. The number of hydrogen-bond donors (Lipinski definition) is 3. The van der Waals surface area contributed by atoms with E-state index in [1.54, 1.807) is 12.1 Å². The van der Waals surface area contributed by atoms with Gasteiger partial charge in [-0.2, -0.15) is 0 Å². The van der Waals surface area contributed by atoms with Crippen molar-refractivity contribution in [3.63, 3.8) is 0 Å². The zero-order chi connectivity index (χ0) is 25.5.